The molecule has 0 saturated carbocycles. The van der Waals surface area contributed by atoms with Crippen LogP contribution in [0.2, 0.25) is 0 Å². The summed E-state index contributed by atoms with van der Waals surface area (Å²) in [4.78, 5) is 8.28. The molecule has 5 heteroatoms. The van der Waals surface area contributed by atoms with Crippen molar-refractivity contribution in [2.75, 3.05) is 24.7 Å². The zero-order valence-corrected chi connectivity index (χ0v) is 12.0. The highest BCUT2D eigenvalue weighted by Crippen LogP contribution is 2.41. The molecule has 1 aliphatic carbocycles. The number of fused-ring (bicyclic) bond motifs is 3. The van der Waals surface area contributed by atoms with Crippen LogP contribution in [0, 0.1) is 11.3 Å². The van der Waals surface area contributed by atoms with Crippen molar-refractivity contribution < 1.29 is 0 Å². The molecule has 0 radical (unpaired) electrons. The van der Waals surface area contributed by atoms with E-state index in [2.05, 4.69) is 11.0 Å². The molecule has 2 N–H and O–H groups in total. The van der Waals surface area contributed by atoms with Crippen LogP contribution in [-0.4, -0.2) is 19.1 Å². The first-order valence-electron chi connectivity index (χ1n) is 6.44. The van der Waals surface area contributed by atoms with Crippen molar-refractivity contribution in [3.63, 3.8) is 0 Å². The summed E-state index contributed by atoms with van der Waals surface area (Å²) < 4.78 is 0. The molecule has 2 aromatic heterocycles. The van der Waals surface area contributed by atoms with E-state index in [0.717, 1.165) is 28.9 Å². The van der Waals surface area contributed by atoms with Crippen molar-refractivity contribution >= 4 is 33.1 Å². The van der Waals surface area contributed by atoms with E-state index in [0.29, 0.717) is 10.6 Å². The maximum Gasteiger partial charge on any atom is 0.133 e. The van der Waals surface area contributed by atoms with E-state index in [1.807, 2.05) is 14.1 Å². The fourth-order valence-corrected chi connectivity index (χ4v) is 3.76. The lowest BCUT2D eigenvalue weighted by Gasteiger charge is -2.23. The third-order valence-corrected chi connectivity index (χ3v) is 4.70. The fraction of sp³-hybridized carbons (Fsp3) is 0.429. The number of aryl methyl sites for hydroxylation is 1. The van der Waals surface area contributed by atoms with Crippen LogP contribution in [0.15, 0.2) is 0 Å². The average Bonchev–Trinajstić information content (AvgIpc) is 2.74. The number of hydrogen-bond acceptors (Lipinski definition) is 5. The summed E-state index contributed by atoms with van der Waals surface area (Å²) in [6.07, 6.45) is 4.50. The number of nitrogens with zero attached hydrogens (tertiary/aromatic N) is 3. The normalized spacial score (nSPS) is 14.2. The zero-order chi connectivity index (χ0) is 13.6. The van der Waals surface area contributed by atoms with Gasteiger partial charge in [-0.25, -0.2) is 4.98 Å². The number of pyridine rings is 1. The van der Waals surface area contributed by atoms with Gasteiger partial charge in [-0.15, -0.1) is 11.3 Å². The molecule has 0 aromatic carbocycles. The van der Waals surface area contributed by atoms with Crippen molar-refractivity contribution in [2.24, 2.45) is 0 Å². The predicted octanol–water partition coefficient (Wildman–Crippen LogP) is 2.69. The Hall–Kier alpha value is -1.80. The van der Waals surface area contributed by atoms with Crippen LogP contribution < -0.4 is 10.6 Å². The SMILES string of the molecule is CN(C)c1nc2sc(C#N)c(N)c2c2c1CCCC2. The monoisotopic (exact) mass is 272 g/mol. The zero-order valence-electron chi connectivity index (χ0n) is 11.2. The third kappa shape index (κ3) is 1.75. The Kier molecular flexibility index (Phi) is 2.83. The summed E-state index contributed by atoms with van der Waals surface area (Å²) in [5.74, 6) is 1.04. The molecule has 0 unspecified atom stereocenters. The van der Waals surface area contributed by atoms with Gasteiger partial charge < -0.3 is 10.6 Å². The van der Waals surface area contributed by atoms with Crippen LogP contribution in [0.3, 0.4) is 0 Å². The summed E-state index contributed by atoms with van der Waals surface area (Å²) in [6, 6.07) is 2.18. The molecule has 98 valence electrons. The number of anilines is 2. The molecular formula is C14H16N4S. The first-order chi connectivity index (χ1) is 9.13. The Morgan fingerprint density at radius 1 is 1.26 bits per heavy atom. The van der Waals surface area contributed by atoms with E-state index in [-0.39, 0.29) is 0 Å². The minimum atomic E-state index is 0.589. The van der Waals surface area contributed by atoms with Crippen molar-refractivity contribution in [3.05, 3.63) is 16.0 Å². The molecule has 2 aromatic rings. The van der Waals surface area contributed by atoms with Gasteiger partial charge in [0.05, 0.1) is 5.69 Å². The lowest BCUT2D eigenvalue weighted by molar-refractivity contribution is 0.686. The van der Waals surface area contributed by atoms with Gasteiger partial charge in [-0.3, -0.25) is 0 Å². The highest BCUT2D eigenvalue weighted by Gasteiger charge is 2.23. The van der Waals surface area contributed by atoms with Gasteiger partial charge in [0.1, 0.15) is 21.6 Å². The first kappa shape index (κ1) is 12.2. The maximum absolute atomic E-state index is 9.14. The Morgan fingerprint density at radius 2 is 1.95 bits per heavy atom. The lowest BCUT2D eigenvalue weighted by atomic mass is 9.90. The van der Waals surface area contributed by atoms with E-state index < -0.39 is 0 Å². The molecule has 4 nitrogen and oxygen atoms in total. The molecule has 3 rings (SSSR count). The quantitative estimate of drug-likeness (QED) is 0.866. The molecule has 0 fully saturated rings. The van der Waals surface area contributed by atoms with Crippen molar-refractivity contribution in [1.82, 2.24) is 4.98 Å². The largest absolute Gasteiger partial charge is 0.396 e. The average molecular weight is 272 g/mol. The van der Waals surface area contributed by atoms with Crippen molar-refractivity contribution in [1.29, 1.82) is 5.26 Å². The van der Waals surface area contributed by atoms with Crippen LogP contribution in [0.4, 0.5) is 11.5 Å². The van der Waals surface area contributed by atoms with E-state index in [4.69, 9.17) is 16.0 Å². The van der Waals surface area contributed by atoms with E-state index in [9.17, 15) is 0 Å². The Morgan fingerprint density at radius 3 is 2.58 bits per heavy atom. The Labute approximate surface area is 116 Å². The maximum atomic E-state index is 9.14. The number of nitrogen functional groups attached to an aromatic ring is 1. The molecular weight excluding hydrogens is 256 g/mol. The second-order valence-corrected chi connectivity index (χ2v) is 6.13. The van der Waals surface area contributed by atoms with Crippen LogP contribution in [0.1, 0.15) is 28.8 Å². The number of nitrogens with two attached hydrogens (primary N) is 1. The van der Waals surface area contributed by atoms with Gasteiger partial charge in [0.25, 0.3) is 0 Å². The lowest BCUT2D eigenvalue weighted by Crippen LogP contribution is -2.17. The summed E-state index contributed by atoms with van der Waals surface area (Å²) >= 11 is 1.40. The van der Waals surface area contributed by atoms with Gasteiger partial charge >= 0.3 is 0 Å². The smallest absolute Gasteiger partial charge is 0.133 e. The van der Waals surface area contributed by atoms with Gasteiger partial charge in [0.15, 0.2) is 0 Å². The first-order valence-corrected chi connectivity index (χ1v) is 7.26. The summed E-state index contributed by atoms with van der Waals surface area (Å²) in [6.45, 7) is 0. The number of hydrogen-bond donors (Lipinski definition) is 1. The number of aromatic nitrogens is 1. The molecule has 0 amide bonds. The molecule has 0 aliphatic heterocycles. The van der Waals surface area contributed by atoms with Gasteiger partial charge in [-0.1, -0.05) is 0 Å². The van der Waals surface area contributed by atoms with Crippen LogP contribution in [0.25, 0.3) is 10.2 Å². The molecule has 0 atom stereocenters. The van der Waals surface area contributed by atoms with Crippen molar-refractivity contribution in [3.8, 4) is 6.07 Å². The summed E-state index contributed by atoms with van der Waals surface area (Å²) in [5, 5.41) is 10.2. The fourth-order valence-electron chi connectivity index (χ4n) is 2.85. The second kappa shape index (κ2) is 4.39. The predicted molar refractivity (Wildman–Crippen MR) is 79.7 cm³/mol. The molecule has 1 aliphatic rings. The van der Waals surface area contributed by atoms with Crippen molar-refractivity contribution in [2.45, 2.75) is 25.7 Å². The molecule has 2 heterocycles. The number of nitriles is 1. The van der Waals surface area contributed by atoms with Gasteiger partial charge in [-0.05, 0) is 36.8 Å². The standard InChI is InChI=1S/C14H16N4S/c1-18(2)13-9-6-4-3-5-8(9)11-12(16)10(7-15)19-14(11)17-13/h3-6,16H2,1-2H3. The summed E-state index contributed by atoms with van der Waals surface area (Å²) in [7, 11) is 4.04. The highest BCUT2D eigenvalue weighted by molar-refractivity contribution is 7.19. The minimum absolute atomic E-state index is 0.589. The van der Waals surface area contributed by atoms with E-state index >= 15 is 0 Å². The Balaban J connectivity index is 2.40. The third-order valence-electron chi connectivity index (χ3n) is 3.70. The second-order valence-electron chi connectivity index (χ2n) is 5.13. The van der Waals surface area contributed by atoms with Crippen LogP contribution in [-0.2, 0) is 12.8 Å². The molecule has 0 spiro atoms. The topological polar surface area (TPSA) is 65.9 Å². The van der Waals surface area contributed by atoms with E-state index in [1.165, 1.54) is 35.3 Å². The molecule has 19 heavy (non-hydrogen) atoms. The van der Waals surface area contributed by atoms with Gasteiger partial charge in [-0.2, -0.15) is 5.26 Å². The number of rotatable bonds is 1. The molecule has 0 saturated heterocycles. The Bertz CT molecular complexity index is 694. The highest BCUT2D eigenvalue weighted by atomic mass is 32.1. The molecule has 0 bridgehead atoms. The van der Waals surface area contributed by atoms with Crippen LogP contribution >= 0.6 is 11.3 Å². The van der Waals surface area contributed by atoms with Crippen LogP contribution in [0.5, 0.6) is 0 Å². The van der Waals surface area contributed by atoms with Gasteiger partial charge in [0, 0.05) is 19.5 Å². The van der Waals surface area contributed by atoms with Gasteiger partial charge in [0.2, 0.25) is 0 Å². The minimum Gasteiger partial charge on any atom is -0.396 e. The van der Waals surface area contributed by atoms with E-state index in [1.54, 1.807) is 0 Å². The summed E-state index contributed by atoms with van der Waals surface area (Å²) in [5.41, 5.74) is 9.39. The number of thiophene rings is 1.